The SMILES string of the molecule is CC1(c2ccc(C(=O)N/N=C\c3ccc(O)cc3O)cc2)[CH+]C1. The fourth-order valence-corrected chi connectivity index (χ4v) is 2.26. The van der Waals surface area contributed by atoms with Crippen molar-refractivity contribution in [3.8, 4) is 11.5 Å². The van der Waals surface area contributed by atoms with E-state index in [4.69, 9.17) is 0 Å². The highest BCUT2D eigenvalue weighted by Crippen LogP contribution is 2.46. The first kappa shape index (κ1) is 15.0. The van der Waals surface area contributed by atoms with E-state index < -0.39 is 0 Å². The molecule has 0 saturated heterocycles. The Morgan fingerprint density at radius 3 is 2.57 bits per heavy atom. The molecule has 3 rings (SSSR count). The molecular weight excluding hydrogens is 292 g/mol. The molecule has 1 fully saturated rings. The summed E-state index contributed by atoms with van der Waals surface area (Å²) in [6.45, 7) is 2.16. The third kappa shape index (κ3) is 3.29. The van der Waals surface area contributed by atoms with E-state index in [-0.39, 0.29) is 22.8 Å². The van der Waals surface area contributed by atoms with Crippen LogP contribution in [0.2, 0.25) is 0 Å². The Morgan fingerprint density at radius 1 is 1.26 bits per heavy atom. The van der Waals surface area contributed by atoms with Gasteiger partial charge in [0.2, 0.25) is 0 Å². The molecule has 0 spiro atoms. The Balaban J connectivity index is 1.63. The normalized spacial score (nSPS) is 19.3. The lowest BCUT2D eigenvalue weighted by Gasteiger charge is -2.04. The highest BCUT2D eigenvalue weighted by atomic mass is 16.3. The van der Waals surface area contributed by atoms with Gasteiger partial charge in [-0.15, -0.1) is 0 Å². The molecule has 0 aromatic heterocycles. The second-order valence-corrected chi connectivity index (χ2v) is 5.85. The van der Waals surface area contributed by atoms with Crippen LogP contribution in [-0.4, -0.2) is 22.3 Å². The predicted molar refractivity (Wildman–Crippen MR) is 87.5 cm³/mol. The van der Waals surface area contributed by atoms with E-state index in [9.17, 15) is 15.0 Å². The lowest BCUT2D eigenvalue weighted by molar-refractivity contribution is 0.0955. The smallest absolute Gasteiger partial charge is 0.271 e. The molecule has 1 aliphatic rings. The molecule has 1 aliphatic carbocycles. The van der Waals surface area contributed by atoms with Crippen LogP contribution in [0.15, 0.2) is 47.6 Å². The lowest BCUT2D eigenvalue weighted by atomic mass is 9.97. The fraction of sp³-hybridized carbons (Fsp3) is 0.167. The van der Waals surface area contributed by atoms with Crippen LogP contribution in [-0.2, 0) is 5.41 Å². The van der Waals surface area contributed by atoms with Crippen molar-refractivity contribution in [2.24, 2.45) is 5.10 Å². The van der Waals surface area contributed by atoms with Crippen molar-refractivity contribution in [3.05, 3.63) is 65.6 Å². The summed E-state index contributed by atoms with van der Waals surface area (Å²) in [5, 5.41) is 22.6. The third-order valence-corrected chi connectivity index (χ3v) is 4.01. The summed E-state index contributed by atoms with van der Waals surface area (Å²) in [5.74, 6) is -0.470. The zero-order chi connectivity index (χ0) is 16.4. The van der Waals surface area contributed by atoms with Gasteiger partial charge in [-0.25, -0.2) is 5.43 Å². The fourth-order valence-electron chi connectivity index (χ4n) is 2.26. The molecule has 5 nitrogen and oxygen atoms in total. The molecular formula is C18H17N2O3+. The number of amides is 1. The zero-order valence-corrected chi connectivity index (χ0v) is 12.7. The van der Waals surface area contributed by atoms with E-state index in [2.05, 4.69) is 23.9 Å². The van der Waals surface area contributed by atoms with Gasteiger partial charge in [0.05, 0.1) is 12.6 Å². The number of aromatic hydroxyl groups is 2. The number of nitrogens with zero attached hydrogens (tertiary/aromatic N) is 1. The van der Waals surface area contributed by atoms with Crippen LogP contribution in [0.3, 0.4) is 0 Å². The molecule has 2 aromatic carbocycles. The predicted octanol–water partition coefficient (Wildman–Crippen LogP) is 2.73. The van der Waals surface area contributed by atoms with Crippen molar-refractivity contribution in [3.63, 3.8) is 0 Å². The summed E-state index contributed by atoms with van der Waals surface area (Å²) in [6, 6.07) is 11.6. The average molecular weight is 309 g/mol. The molecule has 0 heterocycles. The van der Waals surface area contributed by atoms with Crippen LogP contribution in [0.1, 0.15) is 34.8 Å². The van der Waals surface area contributed by atoms with Crippen LogP contribution < -0.4 is 5.43 Å². The molecule has 3 N–H and O–H groups in total. The maximum atomic E-state index is 12.0. The molecule has 1 atom stereocenters. The molecule has 0 bridgehead atoms. The molecule has 116 valence electrons. The van der Waals surface area contributed by atoms with Gasteiger partial charge >= 0.3 is 0 Å². The van der Waals surface area contributed by atoms with E-state index in [1.807, 2.05) is 12.1 Å². The molecule has 2 aromatic rings. The average Bonchev–Trinajstić information content (AvgIpc) is 3.28. The molecule has 23 heavy (non-hydrogen) atoms. The number of benzene rings is 2. The van der Waals surface area contributed by atoms with Gasteiger partial charge < -0.3 is 10.2 Å². The van der Waals surface area contributed by atoms with E-state index >= 15 is 0 Å². The minimum absolute atomic E-state index is 0.0367. The standard InChI is InChI=1S/C18H16N2O3/c1-18(8-9-18)14-5-2-12(3-6-14)17(23)20-19-11-13-4-7-15(21)10-16(13)22/h2-8,10-11H,9H2,1H3,(H2-,19,20,21,22,23)/p+1. The van der Waals surface area contributed by atoms with Crippen molar-refractivity contribution in [1.82, 2.24) is 5.43 Å². The molecule has 5 heteroatoms. The second-order valence-electron chi connectivity index (χ2n) is 5.85. The number of hydrogen-bond acceptors (Lipinski definition) is 4. The number of phenolic OH excluding ortho intramolecular Hbond substituents is 2. The molecule has 1 amide bonds. The van der Waals surface area contributed by atoms with Crippen molar-refractivity contribution in [2.45, 2.75) is 18.8 Å². The summed E-state index contributed by atoms with van der Waals surface area (Å²) in [6.07, 6.45) is 4.62. The Hall–Kier alpha value is -2.95. The van der Waals surface area contributed by atoms with Crippen LogP contribution in [0.5, 0.6) is 11.5 Å². The van der Waals surface area contributed by atoms with Gasteiger partial charge in [0.1, 0.15) is 17.9 Å². The minimum Gasteiger partial charge on any atom is -0.508 e. The number of nitrogens with one attached hydrogen (secondary N) is 1. The molecule has 0 aliphatic heterocycles. The summed E-state index contributed by atoms with van der Waals surface area (Å²) in [7, 11) is 0. The maximum absolute atomic E-state index is 12.0. The quantitative estimate of drug-likeness (QED) is 0.461. The van der Waals surface area contributed by atoms with Gasteiger partial charge in [0.15, 0.2) is 5.41 Å². The van der Waals surface area contributed by atoms with E-state index in [0.29, 0.717) is 11.1 Å². The summed E-state index contributed by atoms with van der Waals surface area (Å²) in [5.41, 5.74) is 4.69. The van der Waals surface area contributed by atoms with Crippen LogP contribution in [0.4, 0.5) is 0 Å². The van der Waals surface area contributed by atoms with Crippen molar-refractivity contribution in [1.29, 1.82) is 0 Å². The van der Waals surface area contributed by atoms with E-state index in [0.717, 1.165) is 6.42 Å². The number of carbonyl (C=O) groups excluding carboxylic acids is 1. The topological polar surface area (TPSA) is 81.9 Å². The van der Waals surface area contributed by atoms with E-state index in [1.165, 1.54) is 30.0 Å². The van der Waals surface area contributed by atoms with Gasteiger partial charge in [0.25, 0.3) is 5.91 Å². The Bertz CT molecular complexity index is 762. The largest absolute Gasteiger partial charge is 0.508 e. The maximum Gasteiger partial charge on any atom is 0.271 e. The monoisotopic (exact) mass is 309 g/mol. The summed E-state index contributed by atoms with van der Waals surface area (Å²) >= 11 is 0. The Labute approximate surface area is 134 Å². The van der Waals surface area contributed by atoms with Gasteiger partial charge in [-0.3, -0.25) is 4.79 Å². The van der Waals surface area contributed by atoms with Crippen molar-refractivity contribution in [2.75, 3.05) is 0 Å². The number of hydrogen-bond donors (Lipinski definition) is 3. The Morgan fingerprint density at radius 2 is 1.96 bits per heavy atom. The van der Waals surface area contributed by atoms with E-state index in [1.54, 1.807) is 12.1 Å². The van der Waals surface area contributed by atoms with Gasteiger partial charge in [-0.05, 0) is 31.2 Å². The van der Waals surface area contributed by atoms with Crippen molar-refractivity contribution < 1.29 is 15.0 Å². The lowest BCUT2D eigenvalue weighted by Crippen LogP contribution is -2.17. The number of hydrazone groups is 1. The first-order valence-corrected chi connectivity index (χ1v) is 7.28. The van der Waals surface area contributed by atoms with Gasteiger partial charge in [-0.2, -0.15) is 5.10 Å². The summed E-state index contributed by atoms with van der Waals surface area (Å²) < 4.78 is 0. The molecule has 1 unspecified atom stereocenters. The van der Waals surface area contributed by atoms with Crippen LogP contribution in [0, 0.1) is 6.42 Å². The molecule has 1 saturated carbocycles. The zero-order valence-electron chi connectivity index (χ0n) is 12.7. The third-order valence-electron chi connectivity index (χ3n) is 4.01. The highest BCUT2D eigenvalue weighted by molar-refractivity contribution is 5.95. The first-order valence-electron chi connectivity index (χ1n) is 7.28. The van der Waals surface area contributed by atoms with Gasteiger partial charge in [-0.1, -0.05) is 12.1 Å². The second kappa shape index (κ2) is 5.68. The highest BCUT2D eigenvalue weighted by Gasteiger charge is 2.52. The number of phenols is 2. The summed E-state index contributed by atoms with van der Waals surface area (Å²) in [4.78, 5) is 12.0. The number of carbonyl (C=O) groups is 1. The molecule has 0 radical (unpaired) electrons. The Kier molecular flexibility index (Phi) is 3.70. The van der Waals surface area contributed by atoms with Gasteiger partial charge in [0, 0.05) is 22.8 Å². The minimum atomic E-state index is -0.323. The van der Waals surface area contributed by atoms with Crippen molar-refractivity contribution >= 4 is 12.1 Å². The van der Waals surface area contributed by atoms with Crippen LogP contribution >= 0.6 is 0 Å². The number of rotatable bonds is 4. The first-order chi connectivity index (χ1) is 11.0. The van der Waals surface area contributed by atoms with Crippen LogP contribution in [0.25, 0.3) is 0 Å².